The summed E-state index contributed by atoms with van der Waals surface area (Å²) in [4.78, 5) is 13.1. The molecule has 0 aromatic heterocycles. The van der Waals surface area contributed by atoms with Crippen LogP contribution >= 0.6 is 11.6 Å². The monoisotopic (exact) mass is 274 g/mol. The van der Waals surface area contributed by atoms with E-state index in [2.05, 4.69) is 5.32 Å². The number of amides is 1. The molecule has 1 heterocycles. The second-order valence-electron chi connectivity index (χ2n) is 4.19. The molecular formula is C12H16Cl2N2O. The molecule has 1 aromatic carbocycles. The van der Waals surface area contributed by atoms with Crippen LogP contribution in [0, 0.1) is 0 Å². The average molecular weight is 275 g/mol. The molecule has 1 aromatic rings. The van der Waals surface area contributed by atoms with Crippen LogP contribution < -0.4 is 22.6 Å². The van der Waals surface area contributed by atoms with E-state index >= 15 is 0 Å². The molecule has 0 radical (unpaired) electrons. The Morgan fingerprint density at radius 3 is 2.71 bits per heavy atom. The number of hydrogen-bond donors (Lipinski definition) is 2. The van der Waals surface area contributed by atoms with Gasteiger partial charge in [-0.25, -0.2) is 0 Å². The molecule has 1 saturated heterocycles. The van der Waals surface area contributed by atoms with Gasteiger partial charge >= 0.3 is 0 Å². The van der Waals surface area contributed by atoms with Gasteiger partial charge in [-0.1, -0.05) is 17.7 Å². The van der Waals surface area contributed by atoms with Crippen molar-refractivity contribution in [3.63, 3.8) is 0 Å². The first-order valence-corrected chi connectivity index (χ1v) is 6.01. The zero-order valence-electron chi connectivity index (χ0n) is 9.51. The fourth-order valence-electron chi connectivity index (χ4n) is 2.05. The van der Waals surface area contributed by atoms with E-state index in [-0.39, 0.29) is 18.3 Å². The van der Waals surface area contributed by atoms with Crippen LogP contribution in [-0.2, 0) is 4.79 Å². The normalized spacial score (nSPS) is 15.4. The minimum Gasteiger partial charge on any atom is -1.00 e. The first kappa shape index (κ1) is 14.3. The number of carbonyl (C=O) groups is 1. The molecular weight excluding hydrogens is 259 g/mol. The van der Waals surface area contributed by atoms with Gasteiger partial charge in [0.15, 0.2) is 6.54 Å². The van der Waals surface area contributed by atoms with E-state index in [4.69, 9.17) is 11.6 Å². The first-order chi connectivity index (χ1) is 7.74. The summed E-state index contributed by atoms with van der Waals surface area (Å²) in [5.74, 6) is 0.0687. The molecule has 1 aliphatic rings. The summed E-state index contributed by atoms with van der Waals surface area (Å²) in [5, 5.41) is 3.51. The van der Waals surface area contributed by atoms with E-state index in [1.54, 1.807) is 12.1 Å². The molecule has 0 unspecified atom stereocenters. The first-order valence-electron chi connectivity index (χ1n) is 5.63. The van der Waals surface area contributed by atoms with E-state index in [0.717, 1.165) is 18.8 Å². The summed E-state index contributed by atoms with van der Waals surface area (Å²) >= 11 is 5.84. The third kappa shape index (κ3) is 4.54. The zero-order valence-corrected chi connectivity index (χ0v) is 11.0. The maximum absolute atomic E-state index is 11.7. The van der Waals surface area contributed by atoms with Crippen LogP contribution in [0.2, 0.25) is 5.02 Å². The molecule has 17 heavy (non-hydrogen) atoms. The highest BCUT2D eigenvalue weighted by Gasteiger charge is 2.18. The SMILES string of the molecule is O=C(C[NH+]1CCCC1)Nc1cccc(Cl)c1.[Cl-]. The Labute approximate surface area is 113 Å². The average Bonchev–Trinajstić information content (AvgIpc) is 2.70. The van der Waals surface area contributed by atoms with Crippen molar-refractivity contribution >= 4 is 23.2 Å². The van der Waals surface area contributed by atoms with Crippen molar-refractivity contribution in [1.29, 1.82) is 0 Å². The maximum Gasteiger partial charge on any atom is 0.279 e. The predicted octanol–water partition coefficient (Wildman–Crippen LogP) is -2.04. The Morgan fingerprint density at radius 1 is 1.35 bits per heavy atom. The summed E-state index contributed by atoms with van der Waals surface area (Å²) < 4.78 is 0. The predicted molar refractivity (Wildman–Crippen MR) is 64.9 cm³/mol. The van der Waals surface area contributed by atoms with Crippen LogP contribution in [0.25, 0.3) is 0 Å². The van der Waals surface area contributed by atoms with Crippen molar-refractivity contribution in [3.8, 4) is 0 Å². The Balaban J connectivity index is 0.00000144. The van der Waals surface area contributed by atoms with Crippen LogP contribution in [0.1, 0.15) is 12.8 Å². The Morgan fingerprint density at radius 2 is 2.06 bits per heavy atom. The van der Waals surface area contributed by atoms with Crippen molar-refractivity contribution in [3.05, 3.63) is 29.3 Å². The molecule has 2 rings (SSSR count). The summed E-state index contributed by atoms with van der Waals surface area (Å²) in [6.45, 7) is 2.79. The molecule has 0 atom stereocenters. The molecule has 1 amide bonds. The minimum atomic E-state index is 0. The number of anilines is 1. The van der Waals surface area contributed by atoms with Gasteiger partial charge in [-0.3, -0.25) is 4.79 Å². The second-order valence-corrected chi connectivity index (χ2v) is 4.63. The minimum absolute atomic E-state index is 0. The number of rotatable bonds is 3. The highest BCUT2D eigenvalue weighted by atomic mass is 35.5. The van der Waals surface area contributed by atoms with Gasteiger partial charge < -0.3 is 22.6 Å². The van der Waals surface area contributed by atoms with E-state index < -0.39 is 0 Å². The highest BCUT2D eigenvalue weighted by molar-refractivity contribution is 6.30. The molecule has 0 spiro atoms. The lowest BCUT2D eigenvalue weighted by atomic mass is 10.3. The molecule has 0 saturated carbocycles. The second kappa shape index (κ2) is 6.84. The van der Waals surface area contributed by atoms with Gasteiger partial charge in [0.05, 0.1) is 13.1 Å². The van der Waals surface area contributed by atoms with Crippen LogP contribution in [0.15, 0.2) is 24.3 Å². The van der Waals surface area contributed by atoms with E-state index in [1.807, 2.05) is 12.1 Å². The Bertz CT molecular complexity index is 379. The molecule has 94 valence electrons. The van der Waals surface area contributed by atoms with Gasteiger partial charge in [-0.05, 0) is 18.2 Å². The van der Waals surface area contributed by atoms with E-state index in [1.165, 1.54) is 17.7 Å². The van der Waals surface area contributed by atoms with Crippen molar-refractivity contribution in [2.45, 2.75) is 12.8 Å². The van der Waals surface area contributed by atoms with Crippen LogP contribution in [0.4, 0.5) is 5.69 Å². The maximum atomic E-state index is 11.7. The molecule has 2 N–H and O–H groups in total. The van der Waals surface area contributed by atoms with Crippen molar-refractivity contribution in [1.82, 2.24) is 0 Å². The van der Waals surface area contributed by atoms with E-state index in [0.29, 0.717) is 11.6 Å². The summed E-state index contributed by atoms with van der Waals surface area (Å²) in [6, 6.07) is 7.24. The number of quaternary nitrogens is 1. The zero-order chi connectivity index (χ0) is 11.4. The number of nitrogens with one attached hydrogen (secondary N) is 2. The lowest BCUT2D eigenvalue weighted by Gasteiger charge is -2.11. The number of benzene rings is 1. The van der Waals surface area contributed by atoms with Gasteiger partial charge in [-0.2, -0.15) is 0 Å². The summed E-state index contributed by atoms with van der Waals surface area (Å²) in [7, 11) is 0. The number of halogens is 2. The summed E-state index contributed by atoms with van der Waals surface area (Å²) in [6.07, 6.45) is 2.47. The fraction of sp³-hybridized carbons (Fsp3) is 0.417. The lowest BCUT2D eigenvalue weighted by molar-refractivity contribution is -0.878. The molecule has 5 heteroatoms. The third-order valence-electron chi connectivity index (χ3n) is 2.83. The fourth-order valence-corrected chi connectivity index (χ4v) is 2.24. The van der Waals surface area contributed by atoms with Crippen LogP contribution in [0.5, 0.6) is 0 Å². The molecule has 0 aliphatic carbocycles. The standard InChI is InChI=1S/C12H15ClN2O.ClH/c13-10-4-3-5-11(8-10)14-12(16)9-15-6-1-2-7-15;/h3-5,8H,1-2,6-7,9H2,(H,14,16);1H. The van der Waals surface area contributed by atoms with Crippen molar-refractivity contribution in [2.24, 2.45) is 0 Å². The quantitative estimate of drug-likeness (QED) is 0.655. The van der Waals surface area contributed by atoms with Crippen molar-refractivity contribution < 1.29 is 22.1 Å². The number of likely N-dealkylation sites (tertiary alicyclic amines) is 1. The van der Waals surface area contributed by atoms with Gasteiger partial charge in [0, 0.05) is 23.6 Å². The van der Waals surface area contributed by atoms with Crippen LogP contribution in [0.3, 0.4) is 0 Å². The number of hydrogen-bond acceptors (Lipinski definition) is 1. The van der Waals surface area contributed by atoms with Gasteiger partial charge in [0.1, 0.15) is 0 Å². The number of carbonyl (C=O) groups excluding carboxylic acids is 1. The Hall–Kier alpha value is -0.770. The van der Waals surface area contributed by atoms with Crippen LogP contribution in [-0.4, -0.2) is 25.5 Å². The molecule has 0 bridgehead atoms. The topological polar surface area (TPSA) is 33.5 Å². The van der Waals surface area contributed by atoms with Gasteiger partial charge in [-0.15, -0.1) is 0 Å². The summed E-state index contributed by atoms with van der Waals surface area (Å²) in [5.41, 5.74) is 0.774. The molecule has 1 fully saturated rings. The van der Waals surface area contributed by atoms with E-state index in [9.17, 15) is 4.79 Å². The lowest BCUT2D eigenvalue weighted by Crippen LogP contribution is -3.11. The highest BCUT2D eigenvalue weighted by Crippen LogP contribution is 2.14. The van der Waals surface area contributed by atoms with Gasteiger partial charge in [0.25, 0.3) is 5.91 Å². The Kier molecular flexibility index (Phi) is 5.75. The van der Waals surface area contributed by atoms with Crippen molar-refractivity contribution in [2.75, 3.05) is 25.0 Å². The molecule has 3 nitrogen and oxygen atoms in total. The molecule has 1 aliphatic heterocycles. The third-order valence-corrected chi connectivity index (χ3v) is 3.06. The smallest absolute Gasteiger partial charge is 0.279 e. The largest absolute Gasteiger partial charge is 1.00 e. The van der Waals surface area contributed by atoms with Gasteiger partial charge in [0.2, 0.25) is 0 Å².